The van der Waals surface area contributed by atoms with E-state index in [4.69, 9.17) is 16.3 Å². The molecule has 2 heterocycles. The molecule has 3 atom stereocenters. The third-order valence-corrected chi connectivity index (χ3v) is 5.19. The van der Waals surface area contributed by atoms with E-state index in [-0.39, 0.29) is 17.2 Å². The zero-order valence-electron chi connectivity index (χ0n) is 11.9. The van der Waals surface area contributed by atoms with Gasteiger partial charge in [-0.05, 0) is 48.9 Å². The Morgan fingerprint density at radius 3 is 2.86 bits per heavy atom. The van der Waals surface area contributed by atoms with Gasteiger partial charge >= 0.3 is 0 Å². The van der Waals surface area contributed by atoms with Crippen molar-refractivity contribution in [2.75, 3.05) is 13.2 Å². The van der Waals surface area contributed by atoms with Gasteiger partial charge in [-0.15, -0.1) is 11.6 Å². The fourth-order valence-electron chi connectivity index (χ4n) is 2.96. The van der Waals surface area contributed by atoms with Crippen molar-refractivity contribution < 1.29 is 9.13 Å². The molecule has 114 valence electrons. The molecule has 0 saturated carbocycles. The number of benzene rings is 1. The lowest BCUT2D eigenvalue weighted by molar-refractivity contribution is 0.175. The Kier molecular flexibility index (Phi) is 4.43. The van der Waals surface area contributed by atoms with Crippen LogP contribution in [0.3, 0.4) is 0 Å². The highest BCUT2D eigenvalue weighted by Crippen LogP contribution is 2.34. The number of hydrogen-bond acceptors (Lipinski definition) is 2. The van der Waals surface area contributed by atoms with Gasteiger partial charge in [0.05, 0.1) is 26.6 Å². The second-order valence-corrected chi connectivity index (χ2v) is 7.39. The molecule has 0 N–H and O–H groups in total. The first kappa shape index (κ1) is 15.5. The molecule has 1 fully saturated rings. The molecule has 3 unspecified atom stereocenters. The number of ether oxygens (including phenoxy) is 1. The minimum atomic E-state index is -0.220. The number of alkyl halides is 1. The zero-order valence-corrected chi connectivity index (χ0v) is 14.9. The second-order valence-electron chi connectivity index (χ2n) is 5.58. The molecule has 0 aliphatic carbocycles. The van der Waals surface area contributed by atoms with E-state index in [1.807, 2.05) is 29.5 Å². The van der Waals surface area contributed by atoms with Crippen LogP contribution < -0.4 is 0 Å². The van der Waals surface area contributed by atoms with Crippen molar-refractivity contribution in [1.29, 1.82) is 0 Å². The summed E-state index contributed by atoms with van der Waals surface area (Å²) in [6, 6.07) is 3.54. The molecule has 6 heteroatoms. The Morgan fingerprint density at radius 2 is 2.24 bits per heavy atom. The molecule has 2 aromatic rings. The van der Waals surface area contributed by atoms with Crippen LogP contribution in [0.2, 0.25) is 0 Å². The third kappa shape index (κ3) is 2.80. The maximum atomic E-state index is 14.0. The summed E-state index contributed by atoms with van der Waals surface area (Å²) in [5, 5.41) is -0.220. The van der Waals surface area contributed by atoms with Crippen LogP contribution in [0.4, 0.5) is 4.39 Å². The van der Waals surface area contributed by atoms with Crippen molar-refractivity contribution in [3.05, 3.63) is 27.3 Å². The predicted octanol–water partition coefficient (Wildman–Crippen LogP) is 4.68. The van der Waals surface area contributed by atoms with Crippen molar-refractivity contribution >= 4 is 45.2 Å². The Morgan fingerprint density at radius 1 is 1.48 bits per heavy atom. The molecule has 0 radical (unpaired) electrons. The first-order valence-corrected chi connectivity index (χ1v) is 8.59. The van der Waals surface area contributed by atoms with Crippen molar-refractivity contribution in [3.63, 3.8) is 0 Å². The Bertz CT molecular complexity index is 667. The predicted molar refractivity (Wildman–Crippen MR) is 90.3 cm³/mol. The van der Waals surface area contributed by atoms with Gasteiger partial charge in [-0.1, -0.05) is 0 Å². The van der Waals surface area contributed by atoms with Crippen molar-refractivity contribution in [2.24, 2.45) is 5.92 Å². The molecule has 21 heavy (non-hydrogen) atoms. The molecule has 1 saturated heterocycles. The normalized spacial score (nSPS) is 21.9. The highest BCUT2D eigenvalue weighted by molar-refractivity contribution is 14.1. The summed E-state index contributed by atoms with van der Waals surface area (Å²) in [4.78, 5) is 4.63. The van der Waals surface area contributed by atoms with Crippen LogP contribution in [0.1, 0.15) is 37.5 Å². The van der Waals surface area contributed by atoms with Gasteiger partial charge in [0.2, 0.25) is 0 Å². The van der Waals surface area contributed by atoms with E-state index in [1.54, 1.807) is 12.1 Å². The van der Waals surface area contributed by atoms with Gasteiger partial charge < -0.3 is 9.30 Å². The standard InChI is InChI=1S/C15H17ClFIN2O/c1-8(16)15-19-13-6-12(18)11(17)5-14(13)20(15)9(2)10-3-4-21-7-10/h5-6,8-10H,3-4,7H2,1-2H3. The van der Waals surface area contributed by atoms with Gasteiger partial charge in [0.1, 0.15) is 11.6 Å². The Hall–Kier alpha value is -0.400. The van der Waals surface area contributed by atoms with Crippen LogP contribution in [0.25, 0.3) is 11.0 Å². The van der Waals surface area contributed by atoms with E-state index in [0.717, 1.165) is 36.5 Å². The highest BCUT2D eigenvalue weighted by Gasteiger charge is 2.28. The first-order chi connectivity index (χ1) is 9.99. The van der Waals surface area contributed by atoms with Crippen molar-refractivity contribution in [2.45, 2.75) is 31.7 Å². The van der Waals surface area contributed by atoms with Crippen LogP contribution in [0.5, 0.6) is 0 Å². The lowest BCUT2D eigenvalue weighted by Crippen LogP contribution is -2.19. The minimum absolute atomic E-state index is 0.188. The van der Waals surface area contributed by atoms with E-state index >= 15 is 0 Å². The zero-order chi connectivity index (χ0) is 15.1. The van der Waals surface area contributed by atoms with Gasteiger partial charge in [0.15, 0.2) is 0 Å². The molecule has 1 aliphatic heterocycles. The molecular weight excluding hydrogens is 406 g/mol. The monoisotopic (exact) mass is 422 g/mol. The fraction of sp³-hybridized carbons (Fsp3) is 0.533. The molecular formula is C15H17ClFIN2O. The lowest BCUT2D eigenvalue weighted by atomic mass is 10.00. The minimum Gasteiger partial charge on any atom is -0.381 e. The summed E-state index contributed by atoms with van der Waals surface area (Å²) >= 11 is 8.29. The molecule has 1 aromatic carbocycles. The quantitative estimate of drug-likeness (QED) is 0.531. The van der Waals surface area contributed by atoms with Gasteiger partial charge in [0.25, 0.3) is 0 Å². The number of imidazole rings is 1. The number of halogens is 3. The van der Waals surface area contributed by atoms with Crippen LogP contribution in [-0.2, 0) is 4.74 Å². The van der Waals surface area contributed by atoms with Crippen LogP contribution in [0, 0.1) is 15.3 Å². The summed E-state index contributed by atoms with van der Waals surface area (Å²) in [5.41, 5.74) is 1.61. The van der Waals surface area contributed by atoms with E-state index in [2.05, 4.69) is 16.5 Å². The van der Waals surface area contributed by atoms with E-state index in [0.29, 0.717) is 9.49 Å². The van der Waals surface area contributed by atoms with Crippen LogP contribution >= 0.6 is 34.2 Å². The Balaban J connectivity index is 2.17. The summed E-state index contributed by atoms with van der Waals surface area (Å²) in [6.07, 6.45) is 1.02. The maximum Gasteiger partial charge on any atom is 0.138 e. The van der Waals surface area contributed by atoms with Gasteiger partial charge in [-0.3, -0.25) is 0 Å². The van der Waals surface area contributed by atoms with Crippen LogP contribution in [0.15, 0.2) is 12.1 Å². The van der Waals surface area contributed by atoms with Gasteiger partial charge in [-0.2, -0.15) is 0 Å². The number of hydrogen-bond donors (Lipinski definition) is 0. The largest absolute Gasteiger partial charge is 0.381 e. The molecule has 3 nitrogen and oxygen atoms in total. The molecule has 0 spiro atoms. The molecule has 3 rings (SSSR count). The highest BCUT2D eigenvalue weighted by atomic mass is 127. The number of nitrogens with zero attached hydrogens (tertiary/aromatic N) is 2. The van der Waals surface area contributed by atoms with E-state index in [9.17, 15) is 4.39 Å². The SMILES string of the molecule is CC(Cl)c1nc2cc(I)c(F)cc2n1C(C)C1CCOC1. The Labute approximate surface area is 142 Å². The summed E-state index contributed by atoms with van der Waals surface area (Å²) in [7, 11) is 0. The third-order valence-electron chi connectivity index (χ3n) is 4.17. The topological polar surface area (TPSA) is 27.1 Å². The average molecular weight is 423 g/mol. The average Bonchev–Trinajstić information content (AvgIpc) is 3.06. The summed E-state index contributed by atoms with van der Waals surface area (Å²) in [6.45, 7) is 5.57. The molecule has 1 aromatic heterocycles. The number of rotatable bonds is 3. The fourth-order valence-corrected chi connectivity index (χ4v) is 3.57. The van der Waals surface area contributed by atoms with Gasteiger partial charge in [-0.25, -0.2) is 9.37 Å². The molecule has 0 amide bonds. The van der Waals surface area contributed by atoms with Crippen molar-refractivity contribution in [1.82, 2.24) is 9.55 Å². The number of fused-ring (bicyclic) bond motifs is 1. The smallest absolute Gasteiger partial charge is 0.138 e. The molecule has 1 aliphatic rings. The maximum absolute atomic E-state index is 14.0. The van der Waals surface area contributed by atoms with E-state index in [1.165, 1.54) is 0 Å². The molecule has 0 bridgehead atoms. The number of aromatic nitrogens is 2. The lowest BCUT2D eigenvalue weighted by Gasteiger charge is -2.23. The first-order valence-electron chi connectivity index (χ1n) is 7.07. The van der Waals surface area contributed by atoms with E-state index < -0.39 is 0 Å². The van der Waals surface area contributed by atoms with Crippen LogP contribution in [-0.4, -0.2) is 22.8 Å². The summed E-state index contributed by atoms with van der Waals surface area (Å²) in [5.74, 6) is 0.999. The van der Waals surface area contributed by atoms with Crippen molar-refractivity contribution in [3.8, 4) is 0 Å². The van der Waals surface area contributed by atoms with Gasteiger partial charge in [0, 0.05) is 24.6 Å². The summed E-state index contributed by atoms with van der Waals surface area (Å²) < 4.78 is 22.1. The second kappa shape index (κ2) is 6.01.